The van der Waals surface area contributed by atoms with Crippen LogP contribution in [-0.4, -0.2) is 67.5 Å². The molecule has 0 radical (unpaired) electrons. The van der Waals surface area contributed by atoms with E-state index in [0.29, 0.717) is 41.2 Å². The van der Waals surface area contributed by atoms with Crippen LogP contribution in [0.15, 0.2) is 30.3 Å². The molecule has 0 spiro atoms. The number of nitrogens with zero attached hydrogens (tertiary/aromatic N) is 4. The van der Waals surface area contributed by atoms with Gasteiger partial charge in [0, 0.05) is 12.4 Å². The second kappa shape index (κ2) is 7.59. The van der Waals surface area contributed by atoms with E-state index in [-0.39, 0.29) is 24.9 Å². The molecule has 5 heterocycles. The monoisotopic (exact) mass is 456 g/mol. The third-order valence-electron chi connectivity index (χ3n) is 5.91. The predicted octanol–water partition coefficient (Wildman–Crippen LogP) is 2.02. The molecule has 2 fully saturated rings. The molecule has 0 saturated carbocycles. The summed E-state index contributed by atoms with van der Waals surface area (Å²) in [5, 5.41) is 19.3. The van der Waals surface area contributed by atoms with Gasteiger partial charge in [-0.2, -0.15) is 10.1 Å². The van der Waals surface area contributed by atoms with E-state index in [2.05, 4.69) is 25.4 Å². The molecule has 0 amide bonds. The highest BCUT2D eigenvalue weighted by Gasteiger charge is 2.48. The lowest BCUT2D eigenvalue weighted by Crippen LogP contribution is -2.34. The first-order chi connectivity index (χ1) is 15.6. The van der Waals surface area contributed by atoms with Crippen LogP contribution >= 0.6 is 11.6 Å². The maximum Gasteiger partial charge on any atom is 0.296 e. The Balaban J connectivity index is 1.21. The molecule has 6 rings (SSSR count). The van der Waals surface area contributed by atoms with Gasteiger partial charge in [-0.1, -0.05) is 29.8 Å². The van der Waals surface area contributed by atoms with Crippen LogP contribution in [0.3, 0.4) is 0 Å². The maximum atomic E-state index is 9.88. The van der Waals surface area contributed by atoms with Crippen molar-refractivity contribution in [1.29, 1.82) is 0 Å². The number of aliphatic hydroxyl groups is 1. The van der Waals surface area contributed by atoms with E-state index < -0.39 is 6.10 Å². The minimum Gasteiger partial charge on any atom is -0.456 e. The van der Waals surface area contributed by atoms with Crippen LogP contribution < -0.4 is 10.1 Å². The zero-order valence-electron chi connectivity index (χ0n) is 17.2. The Bertz CT molecular complexity index is 1310. The van der Waals surface area contributed by atoms with Crippen molar-refractivity contribution >= 4 is 39.5 Å². The van der Waals surface area contributed by atoms with E-state index in [1.54, 1.807) is 6.07 Å². The average Bonchev–Trinajstić information content (AvgIpc) is 3.53. The number of aromatic nitrogens is 5. The number of anilines is 1. The lowest BCUT2D eigenvalue weighted by molar-refractivity contribution is 0.00706. The number of benzene rings is 1. The molecule has 2 saturated heterocycles. The SMILES string of the molecule is Cn1nc(CNc2nc3nc(O[C@@H]4CO[C@H]5[C@@H]4OC[C@H]5O)[nH]c3cc2Cl)c2ccccc21. The number of ether oxygens (including phenoxy) is 3. The number of pyridine rings is 1. The minimum absolute atomic E-state index is 0.243. The van der Waals surface area contributed by atoms with E-state index in [9.17, 15) is 5.11 Å². The summed E-state index contributed by atoms with van der Waals surface area (Å²) in [5.74, 6) is 0.512. The Hall–Kier alpha value is -2.92. The molecular formula is C21H21ClN6O4. The molecule has 2 aliphatic heterocycles. The topological polar surface area (TPSA) is 119 Å². The van der Waals surface area contributed by atoms with Gasteiger partial charge in [-0.05, 0) is 12.1 Å². The molecule has 166 valence electrons. The molecule has 32 heavy (non-hydrogen) atoms. The van der Waals surface area contributed by atoms with Crippen molar-refractivity contribution in [2.45, 2.75) is 31.0 Å². The van der Waals surface area contributed by atoms with Gasteiger partial charge in [0.25, 0.3) is 6.01 Å². The summed E-state index contributed by atoms with van der Waals surface area (Å²) in [7, 11) is 1.92. The maximum absolute atomic E-state index is 9.88. The normalized spacial score (nSPS) is 25.0. The molecule has 10 nitrogen and oxygen atoms in total. The van der Waals surface area contributed by atoms with E-state index in [4.69, 9.17) is 25.8 Å². The minimum atomic E-state index is -0.630. The largest absolute Gasteiger partial charge is 0.456 e. The standard InChI is InChI=1S/C21H21ClN6O4/c1-28-14-5-3-2-4-10(14)13(27-28)7-23-19-11(22)6-12-20(25-19)26-21(24-12)32-16-9-31-17-15(29)8-30-18(16)17/h2-6,15-18,29H,7-9H2,1H3,(H2,23,24,25,26)/t15-,16-,17-,18-/m1/s1. The number of hydrogen-bond donors (Lipinski definition) is 3. The molecule has 0 aliphatic carbocycles. The highest BCUT2D eigenvalue weighted by atomic mass is 35.5. The second-order valence-corrected chi connectivity index (χ2v) is 8.40. The second-order valence-electron chi connectivity index (χ2n) is 7.99. The molecule has 3 aromatic heterocycles. The summed E-state index contributed by atoms with van der Waals surface area (Å²) in [4.78, 5) is 12.1. The summed E-state index contributed by atoms with van der Waals surface area (Å²) < 4.78 is 19.0. The van der Waals surface area contributed by atoms with Gasteiger partial charge in [-0.3, -0.25) is 4.68 Å². The Labute approximate surface area is 187 Å². The molecule has 3 N–H and O–H groups in total. The lowest BCUT2D eigenvalue weighted by atomic mass is 10.1. The van der Waals surface area contributed by atoms with Crippen LogP contribution in [0.5, 0.6) is 6.01 Å². The van der Waals surface area contributed by atoms with Gasteiger partial charge in [0.2, 0.25) is 0 Å². The third-order valence-corrected chi connectivity index (χ3v) is 6.20. The number of rotatable bonds is 5. The van der Waals surface area contributed by atoms with Crippen LogP contribution in [0.1, 0.15) is 5.69 Å². The predicted molar refractivity (Wildman–Crippen MR) is 117 cm³/mol. The number of aryl methyl sites for hydroxylation is 1. The van der Waals surface area contributed by atoms with Crippen LogP contribution in [0.4, 0.5) is 5.82 Å². The van der Waals surface area contributed by atoms with Crippen molar-refractivity contribution in [2.24, 2.45) is 7.05 Å². The third kappa shape index (κ3) is 3.27. The zero-order chi connectivity index (χ0) is 21.8. The number of imidazole rings is 1. The Morgan fingerprint density at radius 1 is 1.25 bits per heavy atom. The van der Waals surface area contributed by atoms with E-state index >= 15 is 0 Å². The van der Waals surface area contributed by atoms with Gasteiger partial charge in [0.15, 0.2) is 11.8 Å². The van der Waals surface area contributed by atoms with Crippen molar-refractivity contribution in [3.63, 3.8) is 0 Å². The van der Waals surface area contributed by atoms with Gasteiger partial charge in [0.05, 0.1) is 41.5 Å². The fourth-order valence-corrected chi connectivity index (χ4v) is 4.57. The van der Waals surface area contributed by atoms with Gasteiger partial charge < -0.3 is 29.6 Å². The number of aromatic amines is 1. The van der Waals surface area contributed by atoms with Crippen LogP contribution in [-0.2, 0) is 23.1 Å². The number of para-hydroxylation sites is 1. The number of hydrogen-bond acceptors (Lipinski definition) is 8. The molecular weight excluding hydrogens is 436 g/mol. The molecule has 0 unspecified atom stereocenters. The lowest BCUT2D eigenvalue weighted by Gasteiger charge is -2.15. The number of aliphatic hydroxyl groups excluding tert-OH is 1. The van der Waals surface area contributed by atoms with Gasteiger partial charge in [0.1, 0.15) is 24.1 Å². The summed E-state index contributed by atoms with van der Waals surface area (Å²) in [6.45, 7) is 1.03. The van der Waals surface area contributed by atoms with E-state index in [1.807, 2.05) is 36.0 Å². The quantitative estimate of drug-likeness (QED) is 0.417. The smallest absolute Gasteiger partial charge is 0.296 e. The molecule has 1 aromatic carbocycles. The number of nitrogens with one attached hydrogen (secondary N) is 2. The van der Waals surface area contributed by atoms with Crippen LogP contribution in [0, 0.1) is 0 Å². The zero-order valence-corrected chi connectivity index (χ0v) is 17.9. The number of H-pyrrole nitrogens is 1. The van der Waals surface area contributed by atoms with Crippen LogP contribution in [0.25, 0.3) is 22.1 Å². The van der Waals surface area contributed by atoms with Crippen molar-refractivity contribution in [3.05, 3.63) is 41.0 Å². The molecule has 4 aromatic rings. The van der Waals surface area contributed by atoms with Crippen molar-refractivity contribution < 1.29 is 19.3 Å². The van der Waals surface area contributed by atoms with Crippen LogP contribution in [0.2, 0.25) is 5.02 Å². The first-order valence-corrected chi connectivity index (χ1v) is 10.7. The Kier molecular flexibility index (Phi) is 4.68. The van der Waals surface area contributed by atoms with Gasteiger partial charge in [-0.15, -0.1) is 0 Å². The van der Waals surface area contributed by atoms with Crippen molar-refractivity contribution in [1.82, 2.24) is 24.7 Å². The molecule has 4 atom stereocenters. The molecule has 11 heteroatoms. The molecule has 2 aliphatic rings. The van der Waals surface area contributed by atoms with E-state index in [0.717, 1.165) is 16.6 Å². The van der Waals surface area contributed by atoms with Gasteiger partial charge in [-0.25, -0.2) is 4.98 Å². The van der Waals surface area contributed by atoms with Crippen molar-refractivity contribution in [2.75, 3.05) is 18.5 Å². The summed E-state index contributed by atoms with van der Waals surface area (Å²) in [5.41, 5.74) is 3.09. The molecule has 0 bridgehead atoms. The average molecular weight is 457 g/mol. The highest BCUT2D eigenvalue weighted by Crippen LogP contribution is 2.31. The van der Waals surface area contributed by atoms with Gasteiger partial charge >= 0.3 is 0 Å². The first kappa shape index (κ1) is 19.7. The summed E-state index contributed by atoms with van der Waals surface area (Å²) in [6.07, 6.45) is -1.67. The fourth-order valence-electron chi connectivity index (χ4n) is 4.35. The summed E-state index contributed by atoms with van der Waals surface area (Å²) >= 11 is 6.45. The van der Waals surface area contributed by atoms with Crippen molar-refractivity contribution in [3.8, 4) is 6.01 Å². The highest BCUT2D eigenvalue weighted by molar-refractivity contribution is 6.33. The Morgan fingerprint density at radius 2 is 2.09 bits per heavy atom. The summed E-state index contributed by atoms with van der Waals surface area (Å²) in [6, 6.07) is 10.1. The first-order valence-electron chi connectivity index (χ1n) is 10.4. The number of fused-ring (bicyclic) bond motifs is 3. The Morgan fingerprint density at radius 3 is 3.00 bits per heavy atom. The fraction of sp³-hybridized carbons (Fsp3) is 0.381. The van der Waals surface area contributed by atoms with E-state index in [1.165, 1.54) is 0 Å². The number of halogens is 1.